The van der Waals surface area contributed by atoms with Gasteiger partial charge in [-0.3, -0.25) is 0 Å². The average molecular weight is 247 g/mol. The van der Waals surface area contributed by atoms with E-state index in [0.29, 0.717) is 0 Å². The van der Waals surface area contributed by atoms with Crippen molar-refractivity contribution in [1.29, 1.82) is 0 Å². The van der Waals surface area contributed by atoms with Crippen LogP contribution in [0.25, 0.3) is 0 Å². The van der Waals surface area contributed by atoms with Crippen molar-refractivity contribution < 1.29 is 20.4 Å². The lowest BCUT2D eigenvalue weighted by atomic mass is 9.97. The van der Waals surface area contributed by atoms with Crippen molar-refractivity contribution in [1.82, 2.24) is 0 Å². The van der Waals surface area contributed by atoms with Crippen LogP contribution >= 0.6 is 0 Å². The number of rotatable bonds is 2. The third-order valence-corrected chi connectivity index (χ3v) is 2.69. The zero-order chi connectivity index (χ0) is 13.3. The van der Waals surface area contributed by atoms with E-state index < -0.39 is 6.04 Å². The van der Waals surface area contributed by atoms with Crippen molar-refractivity contribution in [2.75, 3.05) is 0 Å². The maximum absolute atomic E-state index is 9.69. The maximum Gasteiger partial charge on any atom is 0.120 e. The molecule has 94 valence electrons. The van der Waals surface area contributed by atoms with Gasteiger partial charge in [0.1, 0.15) is 23.0 Å². The third-order valence-electron chi connectivity index (χ3n) is 2.69. The van der Waals surface area contributed by atoms with Crippen molar-refractivity contribution >= 4 is 0 Å². The molecule has 0 heterocycles. The number of phenolic OH excluding ortho intramolecular Hbond substituents is 4. The molecule has 0 unspecified atom stereocenters. The van der Waals surface area contributed by atoms with Crippen LogP contribution in [0.5, 0.6) is 23.0 Å². The summed E-state index contributed by atoms with van der Waals surface area (Å²) in [6.45, 7) is 0. The van der Waals surface area contributed by atoms with Gasteiger partial charge in [0.2, 0.25) is 0 Å². The Morgan fingerprint density at radius 2 is 1.11 bits per heavy atom. The average Bonchev–Trinajstić information content (AvgIpc) is 2.34. The van der Waals surface area contributed by atoms with Crippen molar-refractivity contribution in [3.05, 3.63) is 47.5 Å². The third kappa shape index (κ3) is 2.16. The zero-order valence-electron chi connectivity index (χ0n) is 9.41. The van der Waals surface area contributed by atoms with Crippen LogP contribution in [0.4, 0.5) is 0 Å². The van der Waals surface area contributed by atoms with E-state index in [-0.39, 0.29) is 34.1 Å². The van der Waals surface area contributed by atoms with Crippen molar-refractivity contribution in [2.24, 2.45) is 5.73 Å². The minimum atomic E-state index is -0.857. The quantitative estimate of drug-likeness (QED) is 0.518. The smallest absolute Gasteiger partial charge is 0.120 e. The minimum absolute atomic E-state index is 0.0436. The zero-order valence-corrected chi connectivity index (χ0v) is 9.41. The molecular formula is C13H13NO4. The van der Waals surface area contributed by atoms with Gasteiger partial charge in [-0.1, -0.05) is 0 Å². The Kier molecular flexibility index (Phi) is 2.99. The molecule has 0 saturated carbocycles. The van der Waals surface area contributed by atoms with E-state index in [4.69, 9.17) is 5.73 Å². The number of phenols is 4. The summed E-state index contributed by atoms with van der Waals surface area (Å²) in [5, 5.41) is 38.1. The summed E-state index contributed by atoms with van der Waals surface area (Å²) in [5.74, 6) is -0.276. The van der Waals surface area contributed by atoms with E-state index in [1.165, 1.54) is 36.4 Å². The van der Waals surface area contributed by atoms with Crippen LogP contribution in [-0.2, 0) is 0 Å². The molecule has 0 fully saturated rings. The number of nitrogens with two attached hydrogens (primary N) is 1. The fourth-order valence-corrected chi connectivity index (χ4v) is 1.75. The van der Waals surface area contributed by atoms with Gasteiger partial charge in [0.25, 0.3) is 0 Å². The first-order valence-electron chi connectivity index (χ1n) is 5.28. The molecule has 2 aromatic rings. The van der Waals surface area contributed by atoms with Gasteiger partial charge in [-0.15, -0.1) is 0 Å². The second kappa shape index (κ2) is 4.46. The van der Waals surface area contributed by atoms with Crippen LogP contribution in [0.15, 0.2) is 36.4 Å². The van der Waals surface area contributed by atoms with Crippen LogP contribution < -0.4 is 5.73 Å². The van der Waals surface area contributed by atoms with Gasteiger partial charge in [-0.05, 0) is 36.4 Å². The highest BCUT2D eigenvalue weighted by Crippen LogP contribution is 2.35. The van der Waals surface area contributed by atoms with Crippen molar-refractivity contribution in [3.8, 4) is 23.0 Å². The molecule has 6 N–H and O–H groups in total. The molecule has 2 aromatic carbocycles. The van der Waals surface area contributed by atoms with Crippen molar-refractivity contribution in [3.63, 3.8) is 0 Å². The molecule has 0 radical (unpaired) electrons. The lowest BCUT2D eigenvalue weighted by Crippen LogP contribution is -2.12. The van der Waals surface area contributed by atoms with Gasteiger partial charge in [-0.25, -0.2) is 0 Å². The van der Waals surface area contributed by atoms with E-state index in [1.807, 2.05) is 0 Å². The Morgan fingerprint density at radius 1 is 0.722 bits per heavy atom. The second-order valence-corrected chi connectivity index (χ2v) is 3.96. The molecule has 0 aliphatic rings. The first-order valence-corrected chi connectivity index (χ1v) is 5.28. The summed E-state index contributed by atoms with van der Waals surface area (Å²) in [4.78, 5) is 0. The van der Waals surface area contributed by atoms with Gasteiger partial charge in [0, 0.05) is 11.1 Å². The molecule has 0 atom stereocenters. The summed E-state index contributed by atoms with van der Waals surface area (Å²) in [7, 11) is 0. The Bertz CT molecular complexity index is 532. The minimum Gasteiger partial charge on any atom is -0.508 e. The van der Waals surface area contributed by atoms with Crippen LogP contribution in [-0.4, -0.2) is 20.4 Å². The number of aromatic hydroxyl groups is 4. The molecule has 0 bridgehead atoms. The molecule has 2 rings (SSSR count). The SMILES string of the molecule is NC(c1cc(O)ccc1O)c1cc(O)ccc1O. The predicted molar refractivity (Wildman–Crippen MR) is 65.6 cm³/mol. The number of hydrogen-bond donors (Lipinski definition) is 5. The normalized spacial score (nSPS) is 10.8. The van der Waals surface area contributed by atoms with Gasteiger partial charge in [-0.2, -0.15) is 0 Å². The molecule has 5 heteroatoms. The highest BCUT2D eigenvalue weighted by Gasteiger charge is 2.17. The Hall–Kier alpha value is -2.40. The predicted octanol–water partition coefficient (Wildman–Crippen LogP) is 1.56. The summed E-state index contributed by atoms with van der Waals surface area (Å²) >= 11 is 0. The first kappa shape index (κ1) is 12.1. The van der Waals surface area contributed by atoms with Crippen LogP contribution in [0.3, 0.4) is 0 Å². The van der Waals surface area contributed by atoms with Gasteiger partial charge >= 0.3 is 0 Å². The highest BCUT2D eigenvalue weighted by molar-refractivity contribution is 5.49. The summed E-state index contributed by atoms with van der Waals surface area (Å²) in [5.41, 5.74) is 6.43. The lowest BCUT2D eigenvalue weighted by Gasteiger charge is -2.16. The lowest BCUT2D eigenvalue weighted by molar-refractivity contribution is 0.442. The molecule has 0 amide bonds. The van der Waals surface area contributed by atoms with E-state index >= 15 is 0 Å². The molecule has 0 aromatic heterocycles. The van der Waals surface area contributed by atoms with Crippen LogP contribution in [0.2, 0.25) is 0 Å². The molecule has 0 saturated heterocycles. The fraction of sp³-hybridized carbons (Fsp3) is 0.0769. The first-order chi connectivity index (χ1) is 8.49. The van der Waals surface area contributed by atoms with E-state index in [1.54, 1.807) is 0 Å². The Labute approximate surface area is 103 Å². The van der Waals surface area contributed by atoms with E-state index in [9.17, 15) is 20.4 Å². The Morgan fingerprint density at radius 3 is 1.50 bits per heavy atom. The van der Waals surface area contributed by atoms with Crippen molar-refractivity contribution in [2.45, 2.75) is 6.04 Å². The summed E-state index contributed by atoms with van der Waals surface area (Å²) in [6.07, 6.45) is 0. The number of hydrogen-bond acceptors (Lipinski definition) is 5. The molecule has 18 heavy (non-hydrogen) atoms. The molecule has 0 spiro atoms. The molecule has 5 nitrogen and oxygen atoms in total. The Balaban J connectivity index is 2.50. The standard InChI is InChI=1S/C13H13NO4/c14-13(9-5-7(15)1-3-11(9)17)10-6-8(16)2-4-12(10)18/h1-6,13,15-18H,14H2. The van der Waals surface area contributed by atoms with Gasteiger partial charge in [0.15, 0.2) is 0 Å². The maximum atomic E-state index is 9.69. The molecule has 0 aliphatic heterocycles. The molecular weight excluding hydrogens is 234 g/mol. The summed E-state index contributed by atoms with van der Waals surface area (Å²) in [6, 6.07) is 7.04. The highest BCUT2D eigenvalue weighted by atomic mass is 16.3. The second-order valence-electron chi connectivity index (χ2n) is 3.96. The van der Waals surface area contributed by atoms with E-state index in [0.717, 1.165) is 0 Å². The number of benzene rings is 2. The largest absolute Gasteiger partial charge is 0.508 e. The monoisotopic (exact) mass is 247 g/mol. The van der Waals surface area contributed by atoms with Crippen LogP contribution in [0.1, 0.15) is 17.2 Å². The topological polar surface area (TPSA) is 107 Å². The molecule has 0 aliphatic carbocycles. The van der Waals surface area contributed by atoms with E-state index in [2.05, 4.69) is 0 Å². The van der Waals surface area contributed by atoms with Gasteiger partial charge < -0.3 is 26.2 Å². The fourth-order valence-electron chi connectivity index (χ4n) is 1.75. The van der Waals surface area contributed by atoms with Gasteiger partial charge in [0.05, 0.1) is 6.04 Å². The van der Waals surface area contributed by atoms with Crippen LogP contribution in [0, 0.1) is 0 Å². The summed E-state index contributed by atoms with van der Waals surface area (Å²) < 4.78 is 0.